The van der Waals surface area contributed by atoms with Gasteiger partial charge in [0.2, 0.25) is 0 Å². The van der Waals surface area contributed by atoms with Crippen molar-refractivity contribution < 1.29 is 4.74 Å². The highest BCUT2D eigenvalue weighted by Crippen LogP contribution is 2.27. The van der Waals surface area contributed by atoms with Gasteiger partial charge in [-0.15, -0.1) is 0 Å². The molecule has 1 atom stereocenters. The fraction of sp³-hybridized carbons (Fsp3) is 0.647. The van der Waals surface area contributed by atoms with Crippen molar-refractivity contribution in [2.45, 2.75) is 59.5 Å². The van der Waals surface area contributed by atoms with Gasteiger partial charge in [-0.2, -0.15) is 0 Å². The lowest BCUT2D eigenvalue weighted by Crippen LogP contribution is -2.29. The molecule has 0 radical (unpaired) electrons. The lowest BCUT2D eigenvalue weighted by molar-refractivity contribution is 0.216. The van der Waals surface area contributed by atoms with Crippen molar-refractivity contribution in [2.24, 2.45) is 0 Å². The molecular formula is C17H29NO. The maximum absolute atomic E-state index is 6.00. The minimum absolute atomic E-state index is 0.192. The zero-order valence-electron chi connectivity index (χ0n) is 13.3. The van der Waals surface area contributed by atoms with Crippen LogP contribution in [0.3, 0.4) is 0 Å². The van der Waals surface area contributed by atoms with Crippen LogP contribution in [0.5, 0.6) is 5.75 Å². The Kier molecular flexibility index (Phi) is 5.86. The Morgan fingerprint density at radius 3 is 2.47 bits per heavy atom. The molecule has 1 N–H and O–H groups in total. The zero-order valence-corrected chi connectivity index (χ0v) is 13.3. The summed E-state index contributed by atoms with van der Waals surface area (Å²) >= 11 is 0. The second kappa shape index (κ2) is 6.95. The molecule has 0 amide bonds. The second-order valence-electron chi connectivity index (χ2n) is 6.36. The molecular weight excluding hydrogens is 234 g/mol. The summed E-state index contributed by atoms with van der Waals surface area (Å²) in [5, 5.41) is 3.39. The van der Waals surface area contributed by atoms with Crippen LogP contribution in [-0.2, 0) is 5.41 Å². The van der Waals surface area contributed by atoms with Crippen LogP contribution in [0.1, 0.15) is 52.2 Å². The van der Waals surface area contributed by atoms with Gasteiger partial charge in [-0.3, -0.25) is 0 Å². The smallest absolute Gasteiger partial charge is 0.122 e. The van der Waals surface area contributed by atoms with E-state index in [1.54, 1.807) is 0 Å². The number of nitrogens with one attached hydrogen (secondary N) is 1. The Morgan fingerprint density at radius 2 is 1.95 bits per heavy atom. The van der Waals surface area contributed by atoms with E-state index in [2.05, 4.69) is 65.1 Å². The molecule has 1 aromatic rings. The highest BCUT2D eigenvalue weighted by Gasteiger charge is 2.15. The van der Waals surface area contributed by atoms with Crippen molar-refractivity contribution in [3.05, 3.63) is 29.3 Å². The number of rotatable bonds is 6. The topological polar surface area (TPSA) is 21.3 Å². The van der Waals surface area contributed by atoms with Crippen LogP contribution in [0.2, 0.25) is 0 Å². The van der Waals surface area contributed by atoms with Gasteiger partial charge in [0, 0.05) is 6.54 Å². The van der Waals surface area contributed by atoms with E-state index in [9.17, 15) is 0 Å². The molecule has 0 aliphatic heterocycles. The van der Waals surface area contributed by atoms with Gasteiger partial charge in [0.1, 0.15) is 11.9 Å². The van der Waals surface area contributed by atoms with Crippen molar-refractivity contribution in [1.82, 2.24) is 5.32 Å². The van der Waals surface area contributed by atoms with Crippen molar-refractivity contribution in [3.63, 3.8) is 0 Å². The summed E-state index contributed by atoms with van der Waals surface area (Å²) in [5.41, 5.74) is 2.77. The average molecular weight is 263 g/mol. The summed E-state index contributed by atoms with van der Waals surface area (Å²) in [5.74, 6) is 0.999. The molecule has 0 saturated heterocycles. The Bertz CT molecular complexity index is 393. The van der Waals surface area contributed by atoms with Gasteiger partial charge >= 0.3 is 0 Å². The summed E-state index contributed by atoms with van der Waals surface area (Å²) in [4.78, 5) is 0. The highest BCUT2D eigenvalue weighted by molar-refractivity contribution is 5.38. The van der Waals surface area contributed by atoms with Crippen LogP contribution >= 0.6 is 0 Å². The summed E-state index contributed by atoms with van der Waals surface area (Å²) in [6, 6.07) is 6.52. The maximum atomic E-state index is 6.00. The van der Waals surface area contributed by atoms with Gasteiger partial charge in [0.05, 0.1) is 0 Å². The van der Waals surface area contributed by atoms with Crippen LogP contribution in [0, 0.1) is 6.92 Å². The van der Waals surface area contributed by atoms with Gasteiger partial charge in [-0.1, -0.05) is 39.8 Å². The predicted molar refractivity (Wildman–Crippen MR) is 83.1 cm³/mol. The number of hydrogen-bond acceptors (Lipinski definition) is 2. The predicted octanol–water partition coefficient (Wildman–Crippen LogP) is 4.06. The van der Waals surface area contributed by atoms with E-state index < -0.39 is 0 Å². The molecule has 0 heterocycles. The van der Waals surface area contributed by atoms with Gasteiger partial charge < -0.3 is 10.1 Å². The van der Waals surface area contributed by atoms with Crippen molar-refractivity contribution >= 4 is 0 Å². The summed E-state index contributed by atoms with van der Waals surface area (Å²) in [6.07, 6.45) is 1.36. The summed E-state index contributed by atoms with van der Waals surface area (Å²) in [6.45, 7) is 15.1. The molecule has 19 heavy (non-hydrogen) atoms. The Balaban J connectivity index is 2.65. The third-order valence-corrected chi connectivity index (χ3v) is 3.23. The van der Waals surface area contributed by atoms with Gasteiger partial charge in [-0.05, 0) is 49.4 Å². The highest BCUT2D eigenvalue weighted by atomic mass is 16.5. The second-order valence-corrected chi connectivity index (χ2v) is 6.36. The van der Waals surface area contributed by atoms with Gasteiger partial charge in [0.15, 0.2) is 0 Å². The number of benzene rings is 1. The van der Waals surface area contributed by atoms with Crippen LogP contribution in [-0.4, -0.2) is 19.2 Å². The Morgan fingerprint density at radius 1 is 1.26 bits per heavy atom. The molecule has 1 rings (SSSR count). The van der Waals surface area contributed by atoms with Crippen LogP contribution in [0.15, 0.2) is 18.2 Å². The Hall–Kier alpha value is -1.02. The standard InChI is InChI=1S/C17H29NO/c1-7-10-18-12-14(3)19-16-9-8-15(11-13(16)2)17(4,5)6/h8-9,11,14,18H,7,10,12H2,1-6H3. The number of hydrogen-bond donors (Lipinski definition) is 1. The quantitative estimate of drug-likeness (QED) is 0.782. The molecule has 2 heteroatoms. The van der Waals surface area contributed by atoms with Crippen molar-refractivity contribution in [3.8, 4) is 5.75 Å². The average Bonchev–Trinajstić information content (AvgIpc) is 2.31. The normalized spacial score (nSPS) is 13.4. The summed E-state index contributed by atoms with van der Waals surface area (Å²) < 4.78 is 6.00. The van der Waals surface area contributed by atoms with E-state index in [1.807, 2.05) is 0 Å². The minimum atomic E-state index is 0.192. The van der Waals surface area contributed by atoms with Crippen LogP contribution in [0.4, 0.5) is 0 Å². The third-order valence-electron chi connectivity index (χ3n) is 3.23. The molecule has 1 unspecified atom stereocenters. The van der Waals surface area contributed by atoms with Crippen molar-refractivity contribution in [1.29, 1.82) is 0 Å². The van der Waals surface area contributed by atoms with E-state index >= 15 is 0 Å². The first-order chi connectivity index (χ1) is 8.84. The van der Waals surface area contributed by atoms with E-state index in [1.165, 1.54) is 11.1 Å². The molecule has 2 nitrogen and oxygen atoms in total. The fourth-order valence-corrected chi connectivity index (χ4v) is 1.99. The largest absolute Gasteiger partial charge is 0.489 e. The van der Waals surface area contributed by atoms with Crippen LogP contribution in [0.25, 0.3) is 0 Å². The van der Waals surface area contributed by atoms with Crippen molar-refractivity contribution in [2.75, 3.05) is 13.1 Å². The first-order valence-corrected chi connectivity index (χ1v) is 7.33. The third kappa shape index (κ3) is 5.23. The first-order valence-electron chi connectivity index (χ1n) is 7.33. The number of ether oxygens (including phenoxy) is 1. The first kappa shape index (κ1) is 16.0. The molecule has 108 valence electrons. The van der Waals surface area contributed by atoms with Gasteiger partial charge in [0.25, 0.3) is 0 Å². The minimum Gasteiger partial charge on any atom is -0.489 e. The van der Waals surface area contributed by atoms with Crippen LogP contribution < -0.4 is 10.1 Å². The molecule has 0 aliphatic rings. The van der Waals surface area contributed by atoms with E-state index in [0.29, 0.717) is 0 Å². The lowest BCUT2D eigenvalue weighted by Gasteiger charge is -2.22. The Labute approximate surface area is 118 Å². The molecule has 1 aromatic carbocycles. The molecule has 0 aromatic heterocycles. The van der Waals surface area contributed by atoms with E-state index in [4.69, 9.17) is 4.74 Å². The van der Waals surface area contributed by atoms with E-state index in [-0.39, 0.29) is 11.5 Å². The molecule has 0 aliphatic carbocycles. The molecule has 0 bridgehead atoms. The molecule has 0 fully saturated rings. The lowest BCUT2D eigenvalue weighted by atomic mass is 9.86. The SMILES string of the molecule is CCCNCC(C)Oc1ccc(C(C)(C)C)cc1C. The van der Waals surface area contributed by atoms with E-state index in [0.717, 1.165) is 25.3 Å². The molecule has 0 saturated carbocycles. The zero-order chi connectivity index (χ0) is 14.5. The summed E-state index contributed by atoms with van der Waals surface area (Å²) in [7, 11) is 0. The maximum Gasteiger partial charge on any atom is 0.122 e. The number of aryl methyl sites for hydroxylation is 1. The van der Waals surface area contributed by atoms with Gasteiger partial charge in [-0.25, -0.2) is 0 Å². The fourth-order valence-electron chi connectivity index (χ4n) is 1.99. The molecule has 0 spiro atoms. The monoisotopic (exact) mass is 263 g/mol.